The molecule has 1 aromatic heterocycles. The van der Waals surface area contributed by atoms with Crippen LogP contribution in [0.15, 0.2) is 27.1 Å². The average Bonchev–Trinajstić information content (AvgIpc) is 3.00. The SMILES string of the molecule is CC(C)(C)OC(=O)NCCN(CCNC(=O)OC(C)(C)C)c1nc2ccc(Br)cc2o1. The number of aromatic nitrogens is 1. The van der Waals surface area contributed by atoms with Crippen LogP contribution in [0.3, 0.4) is 0 Å². The molecule has 0 radical (unpaired) electrons. The highest BCUT2D eigenvalue weighted by Crippen LogP contribution is 2.24. The van der Waals surface area contributed by atoms with E-state index in [-0.39, 0.29) is 0 Å². The molecule has 0 aliphatic heterocycles. The highest BCUT2D eigenvalue weighted by atomic mass is 79.9. The predicted octanol–water partition coefficient (Wildman–Crippen LogP) is 4.45. The molecule has 0 saturated carbocycles. The monoisotopic (exact) mass is 498 g/mol. The lowest BCUT2D eigenvalue weighted by Gasteiger charge is -2.23. The molecule has 0 aliphatic carbocycles. The van der Waals surface area contributed by atoms with Crippen molar-refractivity contribution >= 4 is 45.2 Å². The van der Waals surface area contributed by atoms with Gasteiger partial charge in [-0.1, -0.05) is 15.9 Å². The number of rotatable bonds is 7. The third kappa shape index (κ3) is 9.04. The Labute approximate surface area is 191 Å². The summed E-state index contributed by atoms with van der Waals surface area (Å²) in [5.74, 6) is 0. The summed E-state index contributed by atoms with van der Waals surface area (Å²) in [6.07, 6.45) is -0.998. The molecule has 1 heterocycles. The summed E-state index contributed by atoms with van der Waals surface area (Å²) in [6.45, 7) is 12.3. The number of hydrogen-bond donors (Lipinski definition) is 2. The molecule has 2 amide bonds. The van der Waals surface area contributed by atoms with E-state index in [1.165, 1.54) is 0 Å². The van der Waals surface area contributed by atoms with E-state index >= 15 is 0 Å². The molecule has 31 heavy (non-hydrogen) atoms. The number of amides is 2. The number of carbonyl (C=O) groups is 2. The minimum atomic E-state index is -0.575. The minimum Gasteiger partial charge on any atom is -0.444 e. The highest BCUT2D eigenvalue weighted by molar-refractivity contribution is 9.10. The molecule has 2 rings (SSSR count). The van der Waals surface area contributed by atoms with E-state index in [4.69, 9.17) is 13.9 Å². The van der Waals surface area contributed by atoms with E-state index in [1.54, 1.807) is 41.5 Å². The first-order chi connectivity index (χ1) is 14.3. The van der Waals surface area contributed by atoms with Crippen molar-refractivity contribution in [3.63, 3.8) is 0 Å². The van der Waals surface area contributed by atoms with Crippen LogP contribution in [0.1, 0.15) is 41.5 Å². The second-order valence-corrected chi connectivity index (χ2v) is 9.87. The highest BCUT2D eigenvalue weighted by Gasteiger charge is 2.19. The third-order valence-corrected chi connectivity index (χ3v) is 4.20. The molecule has 0 saturated heterocycles. The van der Waals surface area contributed by atoms with Gasteiger partial charge in [-0.2, -0.15) is 4.98 Å². The number of alkyl carbamates (subject to hydrolysis) is 2. The molecule has 2 aromatic rings. The van der Waals surface area contributed by atoms with E-state index in [2.05, 4.69) is 31.5 Å². The van der Waals surface area contributed by atoms with E-state index in [0.29, 0.717) is 43.3 Å². The van der Waals surface area contributed by atoms with Crippen LogP contribution in [0.5, 0.6) is 0 Å². The lowest BCUT2D eigenvalue weighted by atomic mass is 10.2. The molecule has 0 atom stereocenters. The number of nitrogens with one attached hydrogen (secondary N) is 2. The summed E-state index contributed by atoms with van der Waals surface area (Å²) >= 11 is 3.42. The number of halogens is 1. The van der Waals surface area contributed by atoms with Gasteiger partial charge in [0.05, 0.1) is 0 Å². The molecule has 1 aromatic carbocycles. The van der Waals surface area contributed by atoms with Crippen molar-refractivity contribution in [3.05, 3.63) is 22.7 Å². The Morgan fingerprint density at radius 3 is 2.00 bits per heavy atom. The molecular weight excluding hydrogens is 468 g/mol. The zero-order chi connectivity index (χ0) is 23.2. The molecule has 0 unspecified atom stereocenters. The van der Waals surface area contributed by atoms with Gasteiger partial charge in [0, 0.05) is 30.7 Å². The Bertz CT molecular complexity index is 867. The Balaban J connectivity index is 2.02. The fourth-order valence-electron chi connectivity index (χ4n) is 2.54. The number of fused-ring (bicyclic) bond motifs is 1. The Morgan fingerprint density at radius 1 is 1.00 bits per heavy atom. The van der Waals surface area contributed by atoms with Crippen LogP contribution in [-0.4, -0.2) is 54.6 Å². The second kappa shape index (κ2) is 10.2. The Hall–Kier alpha value is -2.49. The molecular formula is C21H31BrN4O5. The summed E-state index contributed by atoms with van der Waals surface area (Å²) < 4.78 is 17.3. The van der Waals surface area contributed by atoms with Gasteiger partial charge < -0.3 is 29.4 Å². The molecule has 0 aliphatic rings. The number of anilines is 1. The largest absolute Gasteiger partial charge is 0.444 e. The topological polar surface area (TPSA) is 106 Å². The van der Waals surface area contributed by atoms with Crippen LogP contribution in [0.25, 0.3) is 11.1 Å². The molecule has 172 valence electrons. The fraction of sp³-hybridized carbons (Fsp3) is 0.571. The predicted molar refractivity (Wildman–Crippen MR) is 122 cm³/mol. The van der Waals surface area contributed by atoms with Crippen molar-refractivity contribution in [3.8, 4) is 0 Å². The lowest BCUT2D eigenvalue weighted by Crippen LogP contribution is -2.42. The summed E-state index contributed by atoms with van der Waals surface area (Å²) in [5, 5.41) is 5.44. The Kier molecular flexibility index (Phi) is 8.16. The van der Waals surface area contributed by atoms with Gasteiger partial charge in [0.2, 0.25) is 0 Å². The van der Waals surface area contributed by atoms with Crippen molar-refractivity contribution in [1.29, 1.82) is 0 Å². The molecule has 0 bridgehead atoms. The first-order valence-electron chi connectivity index (χ1n) is 10.1. The number of oxazole rings is 1. The number of nitrogens with zero attached hydrogens (tertiary/aromatic N) is 2. The van der Waals surface area contributed by atoms with Crippen molar-refractivity contribution in [2.75, 3.05) is 31.1 Å². The van der Waals surface area contributed by atoms with E-state index < -0.39 is 23.4 Å². The van der Waals surface area contributed by atoms with Gasteiger partial charge in [0.1, 0.15) is 16.7 Å². The van der Waals surface area contributed by atoms with E-state index in [0.717, 1.165) is 4.47 Å². The van der Waals surface area contributed by atoms with Crippen LogP contribution in [0, 0.1) is 0 Å². The first kappa shape index (κ1) is 24.8. The molecule has 0 spiro atoms. The van der Waals surface area contributed by atoms with Crippen LogP contribution in [-0.2, 0) is 9.47 Å². The van der Waals surface area contributed by atoms with Crippen molar-refractivity contribution in [1.82, 2.24) is 15.6 Å². The summed E-state index contributed by atoms with van der Waals surface area (Å²) in [7, 11) is 0. The summed E-state index contributed by atoms with van der Waals surface area (Å²) in [5.41, 5.74) is 0.196. The number of ether oxygens (including phenoxy) is 2. The van der Waals surface area contributed by atoms with Crippen LogP contribution in [0.2, 0.25) is 0 Å². The van der Waals surface area contributed by atoms with Crippen LogP contribution in [0.4, 0.5) is 15.6 Å². The van der Waals surface area contributed by atoms with Gasteiger partial charge in [-0.3, -0.25) is 0 Å². The Morgan fingerprint density at radius 2 is 1.52 bits per heavy atom. The van der Waals surface area contributed by atoms with Gasteiger partial charge in [0.25, 0.3) is 6.01 Å². The molecule has 9 nitrogen and oxygen atoms in total. The summed E-state index contributed by atoms with van der Waals surface area (Å²) in [4.78, 5) is 30.2. The molecule has 10 heteroatoms. The van der Waals surface area contributed by atoms with Crippen LogP contribution < -0.4 is 15.5 Å². The van der Waals surface area contributed by atoms with Gasteiger partial charge in [0.15, 0.2) is 5.58 Å². The van der Waals surface area contributed by atoms with Crippen molar-refractivity contribution < 1.29 is 23.5 Å². The van der Waals surface area contributed by atoms with E-state index in [9.17, 15) is 9.59 Å². The number of carbonyl (C=O) groups excluding carboxylic acids is 2. The van der Waals surface area contributed by atoms with Crippen molar-refractivity contribution in [2.24, 2.45) is 0 Å². The maximum atomic E-state index is 11.9. The quantitative estimate of drug-likeness (QED) is 0.580. The lowest BCUT2D eigenvalue weighted by molar-refractivity contribution is 0.0520. The second-order valence-electron chi connectivity index (χ2n) is 8.95. The number of benzene rings is 1. The maximum Gasteiger partial charge on any atom is 0.407 e. The van der Waals surface area contributed by atoms with Gasteiger partial charge >= 0.3 is 12.2 Å². The average molecular weight is 499 g/mol. The standard InChI is InChI=1S/C21H31BrN4O5/c1-20(2,3)30-18(27)23-9-11-26(12-10-24-19(28)31-21(4,5)6)17-25-15-8-7-14(22)13-16(15)29-17/h7-8,13H,9-12H2,1-6H3,(H,23,27)(H,24,28). The van der Waals surface area contributed by atoms with E-state index in [1.807, 2.05) is 23.1 Å². The maximum absolute atomic E-state index is 11.9. The van der Waals surface area contributed by atoms with Gasteiger partial charge in [-0.05, 0) is 59.7 Å². The smallest absolute Gasteiger partial charge is 0.407 e. The fourth-order valence-corrected chi connectivity index (χ4v) is 2.88. The van der Waals surface area contributed by atoms with Crippen molar-refractivity contribution in [2.45, 2.75) is 52.7 Å². The third-order valence-electron chi connectivity index (χ3n) is 3.71. The first-order valence-corrected chi connectivity index (χ1v) is 10.9. The normalized spacial score (nSPS) is 11.8. The number of hydrogen-bond acceptors (Lipinski definition) is 7. The van der Waals surface area contributed by atoms with Gasteiger partial charge in [-0.25, -0.2) is 9.59 Å². The zero-order valence-electron chi connectivity index (χ0n) is 18.9. The molecule has 2 N–H and O–H groups in total. The molecule has 0 fully saturated rings. The zero-order valence-corrected chi connectivity index (χ0v) is 20.5. The summed E-state index contributed by atoms with van der Waals surface area (Å²) in [6, 6.07) is 5.96. The van der Waals surface area contributed by atoms with Gasteiger partial charge in [-0.15, -0.1) is 0 Å². The van der Waals surface area contributed by atoms with Crippen LogP contribution >= 0.6 is 15.9 Å². The minimum absolute atomic E-state index is 0.309.